The van der Waals surface area contributed by atoms with Gasteiger partial charge in [0.05, 0.1) is 27.6 Å². The number of piperidine rings is 1. The summed E-state index contributed by atoms with van der Waals surface area (Å²) < 4.78 is 7.23. The smallest absolute Gasteiger partial charge is 0.233 e. The maximum atomic E-state index is 6.13. The number of H-pyrrole nitrogens is 1. The van der Waals surface area contributed by atoms with Gasteiger partial charge in [0.15, 0.2) is 0 Å². The van der Waals surface area contributed by atoms with E-state index in [1.807, 2.05) is 30.0 Å². The minimum absolute atomic E-state index is 0.233. The van der Waals surface area contributed by atoms with Gasteiger partial charge in [0.1, 0.15) is 6.10 Å². The highest BCUT2D eigenvalue weighted by molar-refractivity contribution is 7.17. The summed E-state index contributed by atoms with van der Waals surface area (Å²) >= 11 is 1.61. The van der Waals surface area contributed by atoms with Gasteiger partial charge in [-0.15, -0.1) is 21.5 Å². The van der Waals surface area contributed by atoms with Crippen LogP contribution in [0, 0.1) is 0 Å². The summed E-state index contributed by atoms with van der Waals surface area (Å²) in [6.07, 6.45) is 8.55. The van der Waals surface area contributed by atoms with Crippen molar-refractivity contribution in [1.29, 1.82) is 0 Å². The van der Waals surface area contributed by atoms with Crippen molar-refractivity contribution in [3.8, 4) is 28.3 Å². The third-order valence-corrected chi connectivity index (χ3v) is 6.79. The second-order valence-electron chi connectivity index (χ2n) is 7.78. The molecule has 2 bridgehead atoms. The van der Waals surface area contributed by atoms with E-state index in [2.05, 4.69) is 42.8 Å². The van der Waals surface area contributed by atoms with Crippen LogP contribution >= 0.6 is 11.3 Å². The van der Waals surface area contributed by atoms with Crippen LogP contribution in [0.3, 0.4) is 0 Å². The van der Waals surface area contributed by atoms with Crippen LogP contribution in [0.5, 0.6) is 5.88 Å². The molecule has 2 saturated heterocycles. The van der Waals surface area contributed by atoms with E-state index in [0.29, 0.717) is 18.0 Å². The number of aromatic amines is 1. The predicted octanol–water partition coefficient (Wildman–Crippen LogP) is 3.81. The average Bonchev–Trinajstić information content (AvgIpc) is 3.49. The maximum Gasteiger partial charge on any atom is 0.233 e. The van der Waals surface area contributed by atoms with E-state index < -0.39 is 0 Å². The normalized spacial score (nSPS) is 23.5. The Balaban J connectivity index is 1.27. The molecule has 0 amide bonds. The van der Waals surface area contributed by atoms with Crippen molar-refractivity contribution in [3.05, 3.63) is 42.2 Å². The Morgan fingerprint density at radius 3 is 2.62 bits per heavy atom. The summed E-state index contributed by atoms with van der Waals surface area (Å²) in [7, 11) is 0. The van der Waals surface area contributed by atoms with Gasteiger partial charge < -0.3 is 10.1 Å². The molecule has 2 fully saturated rings. The molecule has 4 aromatic rings. The fraction of sp³-hybridized carbons (Fsp3) is 0.333. The predicted molar refractivity (Wildman–Crippen MR) is 112 cm³/mol. The van der Waals surface area contributed by atoms with E-state index in [0.717, 1.165) is 45.4 Å². The van der Waals surface area contributed by atoms with E-state index in [-0.39, 0.29) is 6.10 Å². The zero-order valence-electron chi connectivity index (χ0n) is 15.7. The highest BCUT2D eigenvalue weighted by atomic mass is 32.1. The molecular formula is C21H20N6OS. The molecule has 1 aromatic carbocycles. The third kappa shape index (κ3) is 3.08. The molecule has 146 valence electrons. The molecule has 5 heterocycles. The van der Waals surface area contributed by atoms with Gasteiger partial charge in [0, 0.05) is 41.0 Å². The van der Waals surface area contributed by atoms with Gasteiger partial charge in [-0.25, -0.2) is 4.98 Å². The summed E-state index contributed by atoms with van der Waals surface area (Å²) in [6.45, 7) is 0. The lowest BCUT2D eigenvalue weighted by atomic mass is 10.0. The van der Waals surface area contributed by atoms with Crippen LogP contribution < -0.4 is 10.1 Å². The molecule has 0 radical (unpaired) electrons. The Labute approximate surface area is 171 Å². The maximum absolute atomic E-state index is 6.13. The molecular weight excluding hydrogens is 384 g/mol. The monoisotopic (exact) mass is 404 g/mol. The Bertz CT molecular complexity index is 1130. The zero-order chi connectivity index (χ0) is 19.2. The number of aromatic nitrogens is 5. The van der Waals surface area contributed by atoms with Gasteiger partial charge in [0.2, 0.25) is 5.88 Å². The van der Waals surface area contributed by atoms with E-state index >= 15 is 0 Å². The fourth-order valence-corrected chi connectivity index (χ4v) is 5.42. The molecule has 2 aliphatic heterocycles. The number of ether oxygens (including phenoxy) is 1. The number of nitrogens with zero attached hydrogens (tertiary/aromatic N) is 4. The van der Waals surface area contributed by atoms with Crippen molar-refractivity contribution in [3.63, 3.8) is 0 Å². The van der Waals surface area contributed by atoms with Crippen LogP contribution in [-0.2, 0) is 0 Å². The van der Waals surface area contributed by atoms with E-state index in [4.69, 9.17) is 4.74 Å². The largest absolute Gasteiger partial charge is 0.473 e. The number of rotatable bonds is 4. The lowest BCUT2D eigenvalue weighted by Gasteiger charge is -2.28. The van der Waals surface area contributed by atoms with Crippen LogP contribution in [0.25, 0.3) is 32.6 Å². The molecule has 7 nitrogen and oxygen atoms in total. The van der Waals surface area contributed by atoms with Gasteiger partial charge >= 0.3 is 0 Å². The molecule has 0 saturated carbocycles. The molecule has 3 atom stereocenters. The number of fused-ring (bicyclic) bond motifs is 3. The SMILES string of the molecule is c1nc2c(-c3cn[nH]c3)ccc(-c3ccc(OC4C[C@H]5CC[C@@H](C4)N5)nn3)c2s1. The molecule has 0 aliphatic carbocycles. The van der Waals surface area contributed by atoms with Gasteiger partial charge in [-0.3, -0.25) is 5.10 Å². The number of thiazole rings is 1. The second-order valence-corrected chi connectivity index (χ2v) is 8.64. The van der Waals surface area contributed by atoms with Gasteiger partial charge in [0.25, 0.3) is 0 Å². The van der Waals surface area contributed by atoms with Crippen LogP contribution in [0.4, 0.5) is 0 Å². The Kier molecular flexibility index (Phi) is 4.05. The number of hydrogen-bond acceptors (Lipinski definition) is 7. The van der Waals surface area contributed by atoms with E-state index in [1.165, 1.54) is 12.8 Å². The molecule has 29 heavy (non-hydrogen) atoms. The molecule has 6 rings (SSSR count). The van der Waals surface area contributed by atoms with Crippen LogP contribution in [0.2, 0.25) is 0 Å². The topological polar surface area (TPSA) is 88.6 Å². The summed E-state index contributed by atoms with van der Waals surface area (Å²) in [5, 5.41) is 19.4. The summed E-state index contributed by atoms with van der Waals surface area (Å²) in [6, 6.07) is 9.27. The molecule has 2 N–H and O–H groups in total. The number of nitrogens with one attached hydrogen (secondary N) is 2. The minimum atomic E-state index is 0.233. The van der Waals surface area contributed by atoms with Crippen molar-refractivity contribution in [2.24, 2.45) is 0 Å². The zero-order valence-corrected chi connectivity index (χ0v) is 16.5. The first-order valence-corrected chi connectivity index (χ1v) is 10.8. The van der Waals surface area contributed by atoms with Gasteiger partial charge in [-0.05, 0) is 31.7 Å². The van der Waals surface area contributed by atoms with Crippen molar-refractivity contribution < 1.29 is 4.74 Å². The third-order valence-electron chi connectivity index (χ3n) is 5.93. The lowest BCUT2D eigenvalue weighted by molar-refractivity contribution is 0.130. The first-order valence-electron chi connectivity index (χ1n) is 9.95. The number of hydrogen-bond donors (Lipinski definition) is 2. The molecule has 2 aliphatic rings. The molecule has 8 heteroatoms. The Morgan fingerprint density at radius 1 is 1.00 bits per heavy atom. The second kappa shape index (κ2) is 6.89. The summed E-state index contributed by atoms with van der Waals surface area (Å²) in [5.74, 6) is 0.607. The molecule has 0 spiro atoms. The van der Waals surface area contributed by atoms with Crippen molar-refractivity contribution in [2.75, 3.05) is 0 Å². The highest BCUT2D eigenvalue weighted by Gasteiger charge is 2.34. The van der Waals surface area contributed by atoms with Crippen molar-refractivity contribution >= 4 is 21.6 Å². The van der Waals surface area contributed by atoms with E-state index in [9.17, 15) is 0 Å². The molecule has 3 aromatic heterocycles. The minimum Gasteiger partial charge on any atom is -0.473 e. The van der Waals surface area contributed by atoms with Crippen molar-refractivity contribution in [2.45, 2.75) is 43.9 Å². The van der Waals surface area contributed by atoms with Gasteiger partial charge in [-0.2, -0.15) is 5.10 Å². The van der Waals surface area contributed by atoms with Crippen LogP contribution in [0.1, 0.15) is 25.7 Å². The number of benzene rings is 1. The fourth-order valence-electron chi connectivity index (χ4n) is 4.58. The summed E-state index contributed by atoms with van der Waals surface area (Å²) in [4.78, 5) is 4.57. The first kappa shape index (κ1) is 17.1. The van der Waals surface area contributed by atoms with E-state index in [1.54, 1.807) is 11.3 Å². The first-order chi connectivity index (χ1) is 14.3. The van der Waals surface area contributed by atoms with Crippen molar-refractivity contribution in [1.82, 2.24) is 30.7 Å². The van der Waals surface area contributed by atoms with Crippen LogP contribution in [-0.4, -0.2) is 43.6 Å². The quantitative estimate of drug-likeness (QED) is 0.538. The highest BCUT2D eigenvalue weighted by Crippen LogP contribution is 2.36. The lowest BCUT2D eigenvalue weighted by Crippen LogP contribution is -2.42. The molecule has 1 unspecified atom stereocenters. The standard InChI is InChI=1S/C21H20N6OS/c1-2-14-8-15(7-13(1)25-14)28-19-6-5-18(26-27-19)17-4-3-16(12-9-23-24-10-12)20-21(17)29-11-22-20/h3-6,9-11,13-15,25H,1-2,7-8H2,(H,23,24)/t13-,14+,15?. The summed E-state index contributed by atoms with van der Waals surface area (Å²) in [5.41, 5.74) is 6.78. The Morgan fingerprint density at radius 2 is 1.86 bits per heavy atom. The van der Waals surface area contributed by atoms with Crippen LogP contribution in [0.15, 0.2) is 42.2 Å². The average molecular weight is 404 g/mol. The van der Waals surface area contributed by atoms with Gasteiger partial charge in [-0.1, -0.05) is 12.1 Å². The Hall–Kier alpha value is -2.84.